The van der Waals surface area contributed by atoms with E-state index in [1.165, 1.54) is 12.8 Å². The van der Waals surface area contributed by atoms with E-state index < -0.39 is 0 Å². The van der Waals surface area contributed by atoms with Crippen LogP contribution in [0.4, 0.5) is 0 Å². The molecule has 6 unspecified atom stereocenters. The average Bonchev–Trinajstić information content (AvgIpc) is 2.33. The fraction of sp³-hybridized carbons (Fsp3) is 1.00. The Morgan fingerprint density at radius 2 is 1.94 bits per heavy atom. The van der Waals surface area contributed by atoms with Crippen LogP contribution in [-0.4, -0.2) is 29.8 Å². The summed E-state index contributed by atoms with van der Waals surface area (Å²) in [7, 11) is 1.76. The van der Waals surface area contributed by atoms with Gasteiger partial charge in [-0.3, -0.25) is 0 Å². The highest BCUT2D eigenvalue weighted by Crippen LogP contribution is 2.51. The van der Waals surface area contributed by atoms with E-state index in [9.17, 15) is 5.11 Å². The minimum Gasteiger partial charge on any atom is -0.393 e. The number of methoxy groups -OCH3 is 1. The van der Waals surface area contributed by atoms with Crippen molar-refractivity contribution in [2.45, 2.75) is 70.0 Å². The molecule has 0 aliphatic heterocycles. The van der Waals surface area contributed by atoms with Crippen molar-refractivity contribution in [2.24, 2.45) is 17.3 Å². The quantitative estimate of drug-likeness (QED) is 0.780. The second-order valence-corrected chi connectivity index (χ2v) is 7.09. The topological polar surface area (TPSA) is 29.5 Å². The third-order valence-electron chi connectivity index (χ3n) is 5.59. The van der Waals surface area contributed by atoms with Gasteiger partial charge in [0.25, 0.3) is 0 Å². The van der Waals surface area contributed by atoms with Crippen LogP contribution in [0.25, 0.3) is 0 Å². The Morgan fingerprint density at radius 3 is 2.56 bits per heavy atom. The van der Waals surface area contributed by atoms with Crippen molar-refractivity contribution >= 4 is 11.6 Å². The molecule has 0 saturated heterocycles. The first kappa shape index (κ1) is 14.6. The minimum atomic E-state index is -0.150. The van der Waals surface area contributed by atoms with Crippen LogP contribution >= 0.6 is 11.6 Å². The van der Waals surface area contributed by atoms with Crippen LogP contribution < -0.4 is 0 Å². The lowest BCUT2D eigenvalue weighted by Gasteiger charge is -2.51. The maximum absolute atomic E-state index is 10.4. The monoisotopic (exact) mass is 274 g/mol. The largest absolute Gasteiger partial charge is 0.393 e. The molecule has 2 fully saturated rings. The van der Waals surface area contributed by atoms with Gasteiger partial charge in [0.05, 0.1) is 17.6 Å². The normalized spacial score (nSPS) is 50.2. The van der Waals surface area contributed by atoms with E-state index in [1.54, 1.807) is 7.11 Å². The first-order valence-corrected chi connectivity index (χ1v) is 7.79. The zero-order valence-corrected chi connectivity index (χ0v) is 12.6. The number of aliphatic hydroxyl groups is 1. The molecule has 0 spiro atoms. The predicted octanol–water partition coefficient (Wildman–Crippen LogP) is 3.60. The van der Waals surface area contributed by atoms with Crippen molar-refractivity contribution in [1.82, 2.24) is 0 Å². The van der Waals surface area contributed by atoms with Crippen molar-refractivity contribution in [3.63, 3.8) is 0 Å². The molecule has 0 bridgehead atoms. The Hall–Kier alpha value is 0.210. The van der Waals surface area contributed by atoms with Gasteiger partial charge in [-0.25, -0.2) is 0 Å². The Labute approximate surface area is 116 Å². The van der Waals surface area contributed by atoms with Gasteiger partial charge in [0.1, 0.15) is 0 Å². The molecule has 18 heavy (non-hydrogen) atoms. The Bertz CT molecular complexity index is 284. The SMILES string of the molecule is COC1C(Cl)CCC(C2(C)CCCCC2O)C1C. The number of aliphatic hydroxyl groups excluding tert-OH is 1. The molecular weight excluding hydrogens is 248 g/mol. The molecule has 2 saturated carbocycles. The van der Waals surface area contributed by atoms with Gasteiger partial charge in [-0.2, -0.15) is 0 Å². The fourth-order valence-electron chi connectivity index (χ4n) is 4.39. The van der Waals surface area contributed by atoms with Gasteiger partial charge < -0.3 is 9.84 Å². The maximum atomic E-state index is 10.4. The molecule has 2 rings (SSSR count). The standard InChI is InChI=1S/C15H27ClO2/c1-10-11(7-8-12(16)14(10)18-3)15(2)9-5-4-6-13(15)17/h10-14,17H,4-9H2,1-3H3. The molecule has 1 N–H and O–H groups in total. The summed E-state index contributed by atoms with van der Waals surface area (Å²) in [5, 5.41) is 10.6. The summed E-state index contributed by atoms with van der Waals surface area (Å²) in [4.78, 5) is 0. The number of alkyl halides is 1. The number of halogens is 1. The van der Waals surface area contributed by atoms with Crippen molar-refractivity contribution in [3.8, 4) is 0 Å². The molecule has 0 aromatic rings. The molecule has 2 nitrogen and oxygen atoms in total. The predicted molar refractivity (Wildman–Crippen MR) is 74.9 cm³/mol. The molecule has 0 aromatic heterocycles. The lowest BCUT2D eigenvalue weighted by Crippen LogP contribution is -2.51. The van der Waals surface area contributed by atoms with Gasteiger partial charge >= 0.3 is 0 Å². The van der Waals surface area contributed by atoms with Gasteiger partial charge in [-0.05, 0) is 42.9 Å². The molecule has 2 aliphatic rings. The summed E-state index contributed by atoms with van der Waals surface area (Å²) in [5.41, 5.74) is 0.0610. The molecule has 106 valence electrons. The summed E-state index contributed by atoms with van der Waals surface area (Å²) < 4.78 is 5.60. The van der Waals surface area contributed by atoms with E-state index >= 15 is 0 Å². The van der Waals surface area contributed by atoms with E-state index in [4.69, 9.17) is 16.3 Å². The summed E-state index contributed by atoms with van der Waals surface area (Å²) in [6, 6.07) is 0. The second kappa shape index (κ2) is 5.68. The highest BCUT2D eigenvalue weighted by atomic mass is 35.5. The third-order valence-corrected chi connectivity index (χ3v) is 6.05. The minimum absolute atomic E-state index is 0.0610. The number of ether oxygens (including phenoxy) is 1. The summed E-state index contributed by atoms with van der Waals surface area (Å²) in [5.74, 6) is 0.969. The molecule has 0 heterocycles. The Balaban J connectivity index is 2.16. The van der Waals surface area contributed by atoms with E-state index in [-0.39, 0.29) is 23.0 Å². The highest BCUT2D eigenvalue weighted by Gasteiger charge is 2.48. The molecule has 6 atom stereocenters. The zero-order chi connectivity index (χ0) is 13.3. The van der Waals surface area contributed by atoms with Gasteiger partial charge in [0.15, 0.2) is 0 Å². The maximum Gasteiger partial charge on any atom is 0.0763 e. The zero-order valence-electron chi connectivity index (χ0n) is 11.9. The van der Waals surface area contributed by atoms with Crippen LogP contribution in [-0.2, 0) is 4.74 Å². The Kier molecular flexibility index (Phi) is 4.61. The lowest BCUT2D eigenvalue weighted by molar-refractivity contribution is -0.0986. The van der Waals surface area contributed by atoms with Crippen LogP contribution in [0.15, 0.2) is 0 Å². The van der Waals surface area contributed by atoms with Crippen molar-refractivity contribution in [3.05, 3.63) is 0 Å². The van der Waals surface area contributed by atoms with Crippen LogP contribution in [0.3, 0.4) is 0 Å². The number of rotatable bonds is 2. The number of hydrogen-bond donors (Lipinski definition) is 1. The third kappa shape index (κ3) is 2.44. The van der Waals surface area contributed by atoms with Gasteiger partial charge in [0.2, 0.25) is 0 Å². The molecule has 0 aromatic carbocycles. The molecule has 0 amide bonds. The van der Waals surface area contributed by atoms with E-state index in [2.05, 4.69) is 13.8 Å². The van der Waals surface area contributed by atoms with Gasteiger partial charge in [-0.15, -0.1) is 11.6 Å². The lowest BCUT2D eigenvalue weighted by atomic mass is 9.58. The summed E-state index contributed by atoms with van der Waals surface area (Å²) in [6.07, 6.45) is 6.65. The van der Waals surface area contributed by atoms with Crippen molar-refractivity contribution in [2.75, 3.05) is 7.11 Å². The van der Waals surface area contributed by atoms with Gasteiger partial charge in [-0.1, -0.05) is 26.7 Å². The van der Waals surface area contributed by atoms with Crippen LogP contribution in [0.2, 0.25) is 0 Å². The van der Waals surface area contributed by atoms with Crippen LogP contribution in [0.5, 0.6) is 0 Å². The molecule has 3 heteroatoms. The van der Waals surface area contributed by atoms with E-state index in [0.717, 1.165) is 25.7 Å². The highest BCUT2D eigenvalue weighted by molar-refractivity contribution is 6.21. The molecular formula is C15H27ClO2. The first-order chi connectivity index (χ1) is 8.50. The van der Waals surface area contributed by atoms with Gasteiger partial charge in [0, 0.05) is 7.11 Å². The summed E-state index contributed by atoms with van der Waals surface area (Å²) in [6.45, 7) is 4.53. The molecule has 2 aliphatic carbocycles. The van der Waals surface area contributed by atoms with Crippen molar-refractivity contribution < 1.29 is 9.84 Å². The van der Waals surface area contributed by atoms with Crippen LogP contribution in [0.1, 0.15) is 52.4 Å². The van der Waals surface area contributed by atoms with Crippen molar-refractivity contribution in [1.29, 1.82) is 0 Å². The van der Waals surface area contributed by atoms with E-state index in [1.807, 2.05) is 0 Å². The number of hydrogen-bond acceptors (Lipinski definition) is 2. The Morgan fingerprint density at radius 1 is 1.22 bits per heavy atom. The second-order valence-electron chi connectivity index (χ2n) is 6.53. The molecule has 0 radical (unpaired) electrons. The first-order valence-electron chi connectivity index (χ1n) is 7.35. The summed E-state index contributed by atoms with van der Waals surface area (Å²) >= 11 is 6.38. The average molecular weight is 275 g/mol. The smallest absolute Gasteiger partial charge is 0.0763 e. The fourth-order valence-corrected chi connectivity index (χ4v) is 4.85. The van der Waals surface area contributed by atoms with E-state index in [0.29, 0.717) is 11.8 Å². The van der Waals surface area contributed by atoms with Crippen LogP contribution in [0, 0.1) is 17.3 Å².